The summed E-state index contributed by atoms with van der Waals surface area (Å²) in [6.45, 7) is 0. The van der Waals surface area contributed by atoms with Gasteiger partial charge in [0.1, 0.15) is 6.07 Å². The van der Waals surface area contributed by atoms with E-state index < -0.39 is 45.5 Å². The molecular weight excluding hydrogens is 313 g/mol. The fourth-order valence-corrected chi connectivity index (χ4v) is 2.40. The van der Waals surface area contributed by atoms with Crippen molar-refractivity contribution in [1.29, 1.82) is 5.26 Å². The van der Waals surface area contributed by atoms with E-state index in [-0.39, 0.29) is 5.69 Å². The van der Waals surface area contributed by atoms with Crippen LogP contribution in [-0.4, -0.2) is 25.2 Å². The standard InChI is InChI=1S/C11H9F3N2O4S/c12-11(13,14)8-1-2-9(7(5-8)6-15)16-21(19,20)4-3-10(17)18/h1-2,5,16H,3-4H2,(H,17,18). The third kappa shape index (κ3) is 4.96. The van der Waals surface area contributed by atoms with Crippen molar-refractivity contribution in [3.05, 3.63) is 29.3 Å². The van der Waals surface area contributed by atoms with Crippen molar-refractivity contribution in [1.82, 2.24) is 0 Å². The van der Waals surface area contributed by atoms with Gasteiger partial charge in [-0.3, -0.25) is 9.52 Å². The minimum Gasteiger partial charge on any atom is -0.481 e. The molecule has 21 heavy (non-hydrogen) atoms. The molecule has 114 valence electrons. The quantitative estimate of drug-likeness (QED) is 0.859. The molecule has 0 amide bonds. The molecule has 0 bridgehead atoms. The minimum absolute atomic E-state index is 0.337. The summed E-state index contributed by atoms with van der Waals surface area (Å²) in [5.74, 6) is -2.10. The van der Waals surface area contributed by atoms with Gasteiger partial charge >= 0.3 is 12.1 Å². The first-order chi connectivity index (χ1) is 9.55. The van der Waals surface area contributed by atoms with Gasteiger partial charge in [-0.1, -0.05) is 0 Å². The number of carboxylic acids is 1. The normalized spacial score (nSPS) is 11.7. The highest BCUT2D eigenvalue weighted by molar-refractivity contribution is 7.92. The van der Waals surface area contributed by atoms with E-state index >= 15 is 0 Å². The number of hydrogen-bond donors (Lipinski definition) is 2. The van der Waals surface area contributed by atoms with E-state index in [0.29, 0.717) is 12.1 Å². The third-order valence-electron chi connectivity index (χ3n) is 2.32. The number of nitrogens with one attached hydrogen (secondary N) is 1. The summed E-state index contributed by atoms with van der Waals surface area (Å²) >= 11 is 0. The highest BCUT2D eigenvalue weighted by Gasteiger charge is 2.31. The van der Waals surface area contributed by atoms with Gasteiger partial charge in [0.2, 0.25) is 10.0 Å². The second-order valence-electron chi connectivity index (χ2n) is 3.93. The number of aliphatic carboxylic acids is 1. The summed E-state index contributed by atoms with van der Waals surface area (Å²) in [6, 6.07) is 3.39. The van der Waals surface area contributed by atoms with Crippen LogP contribution < -0.4 is 4.72 Å². The second-order valence-corrected chi connectivity index (χ2v) is 5.78. The average molecular weight is 322 g/mol. The number of alkyl halides is 3. The van der Waals surface area contributed by atoms with Gasteiger partial charge in [-0.05, 0) is 18.2 Å². The fraction of sp³-hybridized carbons (Fsp3) is 0.273. The Morgan fingerprint density at radius 1 is 1.38 bits per heavy atom. The Kier molecular flexibility index (Phi) is 4.80. The van der Waals surface area contributed by atoms with Crippen LogP contribution in [0.15, 0.2) is 18.2 Å². The lowest BCUT2D eigenvalue weighted by Gasteiger charge is -2.11. The van der Waals surface area contributed by atoms with Gasteiger partial charge in [0.25, 0.3) is 0 Å². The molecular formula is C11H9F3N2O4S. The Morgan fingerprint density at radius 2 is 2.00 bits per heavy atom. The molecule has 2 N–H and O–H groups in total. The molecule has 0 heterocycles. The van der Waals surface area contributed by atoms with Crippen molar-refractivity contribution in [2.75, 3.05) is 10.5 Å². The zero-order valence-corrected chi connectivity index (χ0v) is 11.1. The maximum Gasteiger partial charge on any atom is 0.416 e. The monoisotopic (exact) mass is 322 g/mol. The molecule has 0 saturated carbocycles. The second kappa shape index (κ2) is 6.01. The molecule has 0 aromatic heterocycles. The van der Waals surface area contributed by atoms with Crippen molar-refractivity contribution < 1.29 is 31.5 Å². The third-order valence-corrected chi connectivity index (χ3v) is 3.59. The van der Waals surface area contributed by atoms with Crippen LogP contribution in [0.5, 0.6) is 0 Å². The smallest absolute Gasteiger partial charge is 0.416 e. The van der Waals surface area contributed by atoms with E-state index in [1.54, 1.807) is 0 Å². The van der Waals surface area contributed by atoms with E-state index in [2.05, 4.69) is 0 Å². The molecule has 1 aromatic rings. The van der Waals surface area contributed by atoms with Crippen molar-refractivity contribution in [2.24, 2.45) is 0 Å². The van der Waals surface area contributed by atoms with E-state index in [1.807, 2.05) is 4.72 Å². The predicted molar refractivity (Wildman–Crippen MR) is 65.8 cm³/mol. The van der Waals surface area contributed by atoms with Gasteiger partial charge < -0.3 is 5.11 Å². The number of sulfonamides is 1. The molecule has 0 aliphatic rings. The SMILES string of the molecule is N#Cc1cc(C(F)(F)F)ccc1NS(=O)(=O)CCC(=O)O. The first-order valence-electron chi connectivity index (χ1n) is 5.39. The molecule has 6 nitrogen and oxygen atoms in total. The minimum atomic E-state index is -4.66. The summed E-state index contributed by atoms with van der Waals surface area (Å²) in [5, 5.41) is 17.2. The lowest BCUT2D eigenvalue weighted by molar-refractivity contribution is -0.138. The molecule has 0 atom stereocenters. The van der Waals surface area contributed by atoms with Crippen molar-refractivity contribution >= 4 is 21.7 Å². The lowest BCUT2D eigenvalue weighted by atomic mass is 10.1. The van der Waals surface area contributed by atoms with Crippen LogP contribution in [0.3, 0.4) is 0 Å². The van der Waals surface area contributed by atoms with Crippen LogP contribution in [0.1, 0.15) is 17.5 Å². The molecule has 0 aliphatic heterocycles. The summed E-state index contributed by atoms with van der Waals surface area (Å²) in [7, 11) is -4.07. The van der Waals surface area contributed by atoms with Crippen molar-refractivity contribution in [3.63, 3.8) is 0 Å². The van der Waals surface area contributed by atoms with Crippen molar-refractivity contribution in [3.8, 4) is 6.07 Å². The van der Waals surface area contributed by atoms with E-state index in [9.17, 15) is 26.4 Å². The molecule has 0 unspecified atom stereocenters. The molecule has 0 saturated heterocycles. The molecule has 0 fully saturated rings. The zero-order valence-electron chi connectivity index (χ0n) is 10.3. The maximum absolute atomic E-state index is 12.5. The summed E-state index contributed by atoms with van der Waals surface area (Å²) < 4.78 is 62.4. The maximum atomic E-state index is 12.5. The number of carbonyl (C=O) groups is 1. The van der Waals surface area contributed by atoms with Gasteiger partial charge in [-0.15, -0.1) is 0 Å². The number of rotatable bonds is 5. The van der Waals surface area contributed by atoms with Crippen LogP contribution in [0, 0.1) is 11.3 Å². The Labute approximate surface area is 117 Å². The largest absolute Gasteiger partial charge is 0.481 e. The zero-order chi connectivity index (χ0) is 16.3. The number of halogens is 3. The topological polar surface area (TPSA) is 107 Å². The number of nitriles is 1. The summed E-state index contributed by atoms with van der Waals surface area (Å²) in [6.07, 6.45) is -5.33. The first kappa shape index (κ1) is 16.8. The molecule has 0 aliphatic carbocycles. The summed E-state index contributed by atoms with van der Waals surface area (Å²) in [5.41, 5.74) is -1.94. The Morgan fingerprint density at radius 3 is 2.48 bits per heavy atom. The number of hydrogen-bond acceptors (Lipinski definition) is 4. The van der Waals surface area contributed by atoms with E-state index in [1.165, 1.54) is 6.07 Å². The predicted octanol–water partition coefficient (Wildman–Crippen LogP) is 1.79. The van der Waals surface area contributed by atoms with Crippen LogP contribution in [0.4, 0.5) is 18.9 Å². The highest BCUT2D eigenvalue weighted by atomic mass is 32.2. The van der Waals surface area contributed by atoms with E-state index in [4.69, 9.17) is 10.4 Å². The highest BCUT2D eigenvalue weighted by Crippen LogP contribution is 2.31. The Balaban J connectivity index is 3.05. The molecule has 1 aromatic carbocycles. The van der Waals surface area contributed by atoms with Crippen LogP contribution in [0.2, 0.25) is 0 Å². The molecule has 10 heteroatoms. The Bertz CT molecular complexity index is 692. The Hall–Kier alpha value is -2.28. The van der Waals surface area contributed by atoms with Crippen LogP contribution in [0.25, 0.3) is 0 Å². The van der Waals surface area contributed by atoms with Crippen molar-refractivity contribution in [2.45, 2.75) is 12.6 Å². The molecule has 0 spiro atoms. The van der Waals surface area contributed by atoms with Crippen LogP contribution >= 0.6 is 0 Å². The molecule has 1 rings (SSSR count). The van der Waals surface area contributed by atoms with Gasteiger partial charge in [0.15, 0.2) is 0 Å². The first-order valence-corrected chi connectivity index (χ1v) is 7.04. The van der Waals surface area contributed by atoms with Gasteiger partial charge in [-0.25, -0.2) is 8.42 Å². The van der Waals surface area contributed by atoms with Gasteiger partial charge in [0.05, 0.1) is 29.0 Å². The number of benzene rings is 1. The number of nitrogens with zero attached hydrogens (tertiary/aromatic N) is 1. The fourth-order valence-electron chi connectivity index (χ4n) is 1.34. The number of anilines is 1. The van der Waals surface area contributed by atoms with E-state index in [0.717, 1.165) is 6.07 Å². The van der Waals surface area contributed by atoms with Gasteiger partial charge in [0, 0.05) is 0 Å². The average Bonchev–Trinajstić information content (AvgIpc) is 2.35. The lowest BCUT2D eigenvalue weighted by Crippen LogP contribution is -2.19. The summed E-state index contributed by atoms with van der Waals surface area (Å²) in [4.78, 5) is 10.3. The van der Waals surface area contributed by atoms with Crippen LogP contribution in [-0.2, 0) is 21.0 Å². The van der Waals surface area contributed by atoms with Gasteiger partial charge in [-0.2, -0.15) is 18.4 Å². The molecule has 0 radical (unpaired) electrons. The number of carboxylic acid groups (broad SMARTS) is 1.